The van der Waals surface area contributed by atoms with Gasteiger partial charge in [-0.1, -0.05) is 25.5 Å². The number of benzene rings is 1. The molecule has 4 heteroatoms. The van der Waals surface area contributed by atoms with Gasteiger partial charge in [0.05, 0.1) is 5.92 Å². The third kappa shape index (κ3) is 5.39. The van der Waals surface area contributed by atoms with Crippen molar-refractivity contribution < 1.29 is 14.3 Å². The van der Waals surface area contributed by atoms with E-state index in [9.17, 15) is 9.18 Å². The second kappa shape index (κ2) is 7.89. The molecule has 0 bridgehead atoms. The summed E-state index contributed by atoms with van der Waals surface area (Å²) in [7, 11) is 0. The molecular formula is C15H22FNO2. The van der Waals surface area contributed by atoms with Crippen molar-refractivity contribution >= 4 is 5.97 Å². The fourth-order valence-corrected chi connectivity index (χ4v) is 2.21. The van der Waals surface area contributed by atoms with Crippen LogP contribution >= 0.6 is 0 Å². The van der Waals surface area contributed by atoms with Gasteiger partial charge in [0, 0.05) is 6.54 Å². The van der Waals surface area contributed by atoms with E-state index >= 15 is 0 Å². The maximum absolute atomic E-state index is 12.8. The van der Waals surface area contributed by atoms with Crippen LogP contribution < -0.4 is 5.73 Å². The molecule has 0 aliphatic heterocycles. The highest BCUT2D eigenvalue weighted by atomic mass is 19.1. The summed E-state index contributed by atoms with van der Waals surface area (Å²) in [6, 6.07) is 6.46. The van der Waals surface area contributed by atoms with Crippen molar-refractivity contribution in [3.63, 3.8) is 0 Å². The second-order valence-corrected chi connectivity index (χ2v) is 4.95. The van der Waals surface area contributed by atoms with E-state index < -0.39 is 11.9 Å². The maximum Gasteiger partial charge on any atom is 0.307 e. The number of rotatable bonds is 8. The molecule has 0 saturated heterocycles. The first kappa shape index (κ1) is 15.6. The van der Waals surface area contributed by atoms with Crippen LogP contribution in [0.3, 0.4) is 0 Å². The van der Waals surface area contributed by atoms with Crippen molar-refractivity contribution in [3.8, 4) is 0 Å². The highest BCUT2D eigenvalue weighted by Crippen LogP contribution is 2.21. The molecule has 0 aliphatic carbocycles. The lowest BCUT2D eigenvalue weighted by atomic mass is 9.88. The monoisotopic (exact) mass is 267 g/mol. The third-order valence-corrected chi connectivity index (χ3v) is 3.58. The number of hydrogen-bond donors (Lipinski definition) is 2. The Labute approximate surface area is 113 Å². The second-order valence-electron chi connectivity index (χ2n) is 4.95. The van der Waals surface area contributed by atoms with Crippen molar-refractivity contribution in [2.24, 2.45) is 17.6 Å². The molecule has 0 spiro atoms. The van der Waals surface area contributed by atoms with E-state index in [0.717, 1.165) is 24.8 Å². The molecule has 2 atom stereocenters. The first-order valence-electron chi connectivity index (χ1n) is 6.74. The van der Waals surface area contributed by atoms with Crippen LogP contribution in [-0.2, 0) is 11.2 Å². The molecular weight excluding hydrogens is 245 g/mol. The predicted molar refractivity (Wildman–Crippen MR) is 73.3 cm³/mol. The normalized spacial score (nSPS) is 14.1. The molecule has 19 heavy (non-hydrogen) atoms. The number of carboxylic acids is 1. The summed E-state index contributed by atoms with van der Waals surface area (Å²) in [5, 5.41) is 9.01. The van der Waals surface area contributed by atoms with Gasteiger partial charge in [-0.15, -0.1) is 0 Å². The fraction of sp³-hybridized carbons (Fsp3) is 0.533. The van der Waals surface area contributed by atoms with E-state index in [1.807, 2.05) is 0 Å². The average molecular weight is 267 g/mol. The summed E-state index contributed by atoms with van der Waals surface area (Å²) in [6.45, 7) is 2.24. The predicted octanol–water partition coefficient (Wildman–Crippen LogP) is 2.83. The van der Waals surface area contributed by atoms with Crippen LogP contribution in [-0.4, -0.2) is 17.6 Å². The zero-order valence-corrected chi connectivity index (χ0v) is 11.3. The number of carbonyl (C=O) groups is 1. The van der Waals surface area contributed by atoms with Crippen LogP contribution in [0.4, 0.5) is 4.39 Å². The number of carboxylic acid groups (broad SMARTS) is 1. The van der Waals surface area contributed by atoms with Gasteiger partial charge in [-0.2, -0.15) is 0 Å². The Morgan fingerprint density at radius 2 is 2.00 bits per heavy atom. The molecule has 3 N–H and O–H groups in total. The summed E-state index contributed by atoms with van der Waals surface area (Å²) < 4.78 is 12.8. The number of hydrogen-bond acceptors (Lipinski definition) is 2. The first-order valence-corrected chi connectivity index (χ1v) is 6.74. The molecule has 0 fully saturated rings. The Hall–Kier alpha value is -1.42. The Kier molecular flexibility index (Phi) is 6.50. The van der Waals surface area contributed by atoms with Gasteiger partial charge < -0.3 is 10.8 Å². The largest absolute Gasteiger partial charge is 0.481 e. The van der Waals surface area contributed by atoms with Gasteiger partial charge in [-0.3, -0.25) is 4.79 Å². The molecule has 0 aromatic heterocycles. The minimum Gasteiger partial charge on any atom is -0.481 e. The van der Waals surface area contributed by atoms with Gasteiger partial charge in [0.2, 0.25) is 0 Å². The maximum atomic E-state index is 12.8. The van der Waals surface area contributed by atoms with Crippen LogP contribution in [0, 0.1) is 17.7 Å². The van der Waals surface area contributed by atoms with E-state index in [1.54, 1.807) is 12.1 Å². The van der Waals surface area contributed by atoms with Crippen molar-refractivity contribution in [1.29, 1.82) is 0 Å². The van der Waals surface area contributed by atoms with Crippen LogP contribution in [0.25, 0.3) is 0 Å². The van der Waals surface area contributed by atoms with Gasteiger partial charge in [0.1, 0.15) is 5.82 Å². The lowest BCUT2D eigenvalue weighted by molar-refractivity contribution is -0.142. The van der Waals surface area contributed by atoms with Gasteiger partial charge >= 0.3 is 5.97 Å². The summed E-state index contributed by atoms with van der Waals surface area (Å²) in [5.74, 6) is -1.17. The van der Waals surface area contributed by atoms with Crippen LogP contribution in [0.15, 0.2) is 24.3 Å². The molecule has 1 aromatic carbocycles. The van der Waals surface area contributed by atoms with Gasteiger partial charge in [-0.05, 0) is 42.9 Å². The lowest BCUT2D eigenvalue weighted by Gasteiger charge is -2.18. The highest BCUT2D eigenvalue weighted by molar-refractivity contribution is 5.70. The minimum absolute atomic E-state index is 0.183. The highest BCUT2D eigenvalue weighted by Gasteiger charge is 2.20. The molecule has 106 valence electrons. The van der Waals surface area contributed by atoms with Gasteiger partial charge in [-0.25, -0.2) is 4.39 Å². The standard InChI is InChI=1S/C15H22FNO2/c1-2-11(9-13(10-17)15(18)19)3-4-12-5-7-14(16)8-6-12/h5-8,11,13H,2-4,9-10,17H2,1H3,(H,18,19). The average Bonchev–Trinajstić information content (AvgIpc) is 2.40. The van der Waals surface area contributed by atoms with Crippen molar-refractivity contribution in [1.82, 2.24) is 0 Å². The van der Waals surface area contributed by atoms with Crippen molar-refractivity contribution in [2.75, 3.05) is 6.54 Å². The van der Waals surface area contributed by atoms with Crippen molar-refractivity contribution in [3.05, 3.63) is 35.6 Å². The molecule has 3 nitrogen and oxygen atoms in total. The minimum atomic E-state index is -0.817. The molecule has 0 amide bonds. The number of aryl methyl sites for hydroxylation is 1. The van der Waals surface area contributed by atoms with E-state index in [1.165, 1.54) is 12.1 Å². The molecule has 1 rings (SSSR count). The zero-order chi connectivity index (χ0) is 14.3. The Bertz CT molecular complexity index is 392. The molecule has 0 aliphatic rings. The van der Waals surface area contributed by atoms with E-state index in [2.05, 4.69) is 6.92 Å². The third-order valence-electron chi connectivity index (χ3n) is 3.58. The number of aliphatic carboxylic acids is 1. The Balaban J connectivity index is 2.48. The Morgan fingerprint density at radius 3 is 2.47 bits per heavy atom. The topological polar surface area (TPSA) is 63.3 Å². The summed E-state index contributed by atoms with van der Waals surface area (Å²) in [5.41, 5.74) is 6.56. The van der Waals surface area contributed by atoms with E-state index in [-0.39, 0.29) is 12.4 Å². The molecule has 0 heterocycles. The lowest BCUT2D eigenvalue weighted by Crippen LogP contribution is -2.25. The zero-order valence-electron chi connectivity index (χ0n) is 11.3. The van der Waals surface area contributed by atoms with Crippen molar-refractivity contribution in [2.45, 2.75) is 32.6 Å². The molecule has 0 saturated carbocycles. The summed E-state index contributed by atoms with van der Waals surface area (Å²) in [6.07, 6.45) is 3.30. The fourth-order valence-electron chi connectivity index (χ4n) is 2.21. The SMILES string of the molecule is CCC(CCc1ccc(F)cc1)CC(CN)C(=O)O. The molecule has 0 radical (unpaired) electrons. The molecule has 1 aromatic rings. The first-order chi connectivity index (χ1) is 9.06. The quantitative estimate of drug-likeness (QED) is 0.761. The Morgan fingerprint density at radius 1 is 1.37 bits per heavy atom. The van der Waals surface area contributed by atoms with E-state index in [4.69, 9.17) is 10.8 Å². The van der Waals surface area contributed by atoms with E-state index in [0.29, 0.717) is 12.3 Å². The number of halogens is 1. The van der Waals surface area contributed by atoms with Gasteiger partial charge in [0.15, 0.2) is 0 Å². The van der Waals surface area contributed by atoms with Crippen LogP contribution in [0.2, 0.25) is 0 Å². The molecule has 2 unspecified atom stereocenters. The number of nitrogens with two attached hydrogens (primary N) is 1. The smallest absolute Gasteiger partial charge is 0.307 e. The summed E-state index contributed by atoms with van der Waals surface area (Å²) in [4.78, 5) is 11.0. The van der Waals surface area contributed by atoms with Crippen LogP contribution in [0.5, 0.6) is 0 Å². The van der Waals surface area contributed by atoms with Gasteiger partial charge in [0.25, 0.3) is 0 Å². The summed E-state index contributed by atoms with van der Waals surface area (Å²) >= 11 is 0. The van der Waals surface area contributed by atoms with Crippen LogP contribution in [0.1, 0.15) is 31.7 Å².